The number of nitrogens with two attached hydrogens (primary N) is 1. The number of carbonyl (C=O) groups is 1. The second kappa shape index (κ2) is 8.20. The van der Waals surface area contributed by atoms with Gasteiger partial charge in [0.2, 0.25) is 5.91 Å². The zero-order valence-corrected chi connectivity index (χ0v) is 13.9. The van der Waals surface area contributed by atoms with Gasteiger partial charge in [-0.1, -0.05) is 11.6 Å². The summed E-state index contributed by atoms with van der Waals surface area (Å²) < 4.78 is 0.765. The number of carbonyl (C=O) groups excluding carboxylic acids is 1. The normalized spacial score (nSPS) is 18.9. The van der Waals surface area contributed by atoms with E-state index in [1.807, 2.05) is 19.2 Å². The molecule has 1 aliphatic heterocycles. The molecule has 0 radical (unpaired) electrons. The van der Waals surface area contributed by atoms with E-state index in [4.69, 9.17) is 17.3 Å². The molecule has 2 N–H and O–H groups in total. The van der Waals surface area contributed by atoms with E-state index in [1.165, 1.54) is 11.3 Å². The first-order valence-corrected chi connectivity index (χ1v) is 7.68. The van der Waals surface area contributed by atoms with Crippen LogP contribution in [-0.4, -0.2) is 48.9 Å². The van der Waals surface area contributed by atoms with Crippen LogP contribution in [0.15, 0.2) is 12.1 Å². The molecule has 2 heterocycles. The molecule has 4 nitrogen and oxygen atoms in total. The van der Waals surface area contributed by atoms with E-state index in [1.54, 1.807) is 4.90 Å². The molecule has 1 atom stereocenters. The minimum Gasteiger partial charge on any atom is -0.340 e. The lowest BCUT2D eigenvalue weighted by Crippen LogP contribution is -2.37. The van der Waals surface area contributed by atoms with Crippen molar-refractivity contribution in [1.82, 2.24) is 9.80 Å². The summed E-state index contributed by atoms with van der Waals surface area (Å²) in [6.07, 6.45) is 1.11. The van der Waals surface area contributed by atoms with Crippen molar-refractivity contribution in [1.29, 1.82) is 0 Å². The standard InChI is InChI=1S/C13H20ClN3OS.ClH/c1-16(8-11-2-3-12(14)19-11)13(18)9-17-5-4-10(6-15)7-17;/h2-3,10H,4-9,15H2,1H3;1H. The first-order valence-electron chi connectivity index (χ1n) is 6.49. The van der Waals surface area contributed by atoms with Gasteiger partial charge in [-0.15, -0.1) is 23.7 Å². The molecule has 0 bridgehead atoms. The highest BCUT2D eigenvalue weighted by Gasteiger charge is 2.24. The van der Waals surface area contributed by atoms with Gasteiger partial charge in [0.1, 0.15) is 0 Å². The molecule has 0 aromatic carbocycles. The summed E-state index contributed by atoms with van der Waals surface area (Å²) in [6, 6.07) is 3.84. The van der Waals surface area contributed by atoms with Gasteiger partial charge in [0.15, 0.2) is 0 Å². The van der Waals surface area contributed by atoms with E-state index >= 15 is 0 Å². The summed E-state index contributed by atoms with van der Waals surface area (Å²) in [5, 5.41) is 0. The van der Waals surface area contributed by atoms with Crippen LogP contribution >= 0.6 is 35.3 Å². The Kier molecular flexibility index (Phi) is 7.26. The van der Waals surface area contributed by atoms with Gasteiger partial charge in [-0.2, -0.15) is 0 Å². The number of nitrogens with zero attached hydrogens (tertiary/aromatic N) is 2. The number of hydrogen-bond donors (Lipinski definition) is 1. The van der Waals surface area contributed by atoms with E-state index in [2.05, 4.69) is 4.90 Å². The molecule has 1 amide bonds. The van der Waals surface area contributed by atoms with Crippen LogP contribution in [0.25, 0.3) is 0 Å². The molecule has 1 unspecified atom stereocenters. The number of likely N-dealkylation sites (N-methyl/N-ethyl adjacent to an activating group) is 1. The summed E-state index contributed by atoms with van der Waals surface area (Å²) >= 11 is 7.41. The third kappa shape index (κ3) is 4.90. The lowest BCUT2D eigenvalue weighted by molar-refractivity contribution is -0.131. The van der Waals surface area contributed by atoms with E-state index < -0.39 is 0 Å². The molecule has 20 heavy (non-hydrogen) atoms. The molecule has 1 saturated heterocycles. The number of rotatable bonds is 5. The molecule has 7 heteroatoms. The lowest BCUT2D eigenvalue weighted by atomic mass is 10.1. The smallest absolute Gasteiger partial charge is 0.236 e. The van der Waals surface area contributed by atoms with Crippen LogP contribution < -0.4 is 5.73 Å². The van der Waals surface area contributed by atoms with Crippen molar-refractivity contribution >= 4 is 41.3 Å². The van der Waals surface area contributed by atoms with E-state index in [0.717, 1.165) is 28.7 Å². The molecule has 0 spiro atoms. The Morgan fingerprint density at radius 3 is 2.90 bits per heavy atom. The van der Waals surface area contributed by atoms with Gasteiger partial charge in [-0.25, -0.2) is 0 Å². The van der Waals surface area contributed by atoms with Crippen molar-refractivity contribution in [3.63, 3.8) is 0 Å². The van der Waals surface area contributed by atoms with E-state index in [-0.39, 0.29) is 18.3 Å². The molecule has 0 aliphatic carbocycles. The Morgan fingerprint density at radius 1 is 1.60 bits per heavy atom. The molecule has 1 aromatic rings. The molecular weight excluding hydrogens is 317 g/mol. The summed E-state index contributed by atoms with van der Waals surface area (Å²) in [7, 11) is 1.84. The molecular formula is C13H21Cl2N3OS. The van der Waals surface area contributed by atoms with Crippen LogP contribution in [0.2, 0.25) is 4.34 Å². The van der Waals surface area contributed by atoms with Gasteiger partial charge < -0.3 is 10.6 Å². The molecule has 114 valence electrons. The summed E-state index contributed by atoms with van der Waals surface area (Å²) in [5.41, 5.74) is 5.66. The van der Waals surface area contributed by atoms with E-state index in [0.29, 0.717) is 25.6 Å². The first kappa shape index (κ1) is 17.7. The zero-order valence-electron chi connectivity index (χ0n) is 11.5. The van der Waals surface area contributed by atoms with Crippen LogP contribution in [-0.2, 0) is 11.3 Å². The van der Waals surface area contributed by atoms with Crippen LogP contribution in [0.3, 0.4) is 0 Å². The minimum atomic E-state index is 0. The largest absolute Gasteiger partial charge is 0.340 e. The van der Waals surface area contributed by atoms with Gasteiger partial charge in [0.05, 0.1) is 17.4 Å². The number of halogens is 2. The maximum Gasteiger partial charge on any atom is 0.236 e. The predicted octanol–water partition coefficient (Wildman–Crippen LogP) is 2.06. The summed E-state index contributed by atoms with van der Waals surface area (Å²) in [5.74, 6) is 0.705. The van der Waals surface area contributed by atoms with Crippen LogP contribution in [0, 0.1) is 5.92 Å². The number of hydrogen-bond acceptors (Lipinski definition) is 4. The second-order valence-corrected chi connectivity index (χ2v) is 6.88. The molecule has 2 rings (SSSR count). The first-order chi connectivity index (χ1) is 9.08. The third-order valence-electron chi connectivity index (χ3n) is 3.51. The highest BCUT2D eigenvalue weighted by atomic mass is 35.5. The average molecular weight is 338 g/mol. The fourth-order valence-corrected chi connectivity index (χ4v) is 3.46. The van der Waals surface area contributed by atoms with Crippen LogP contribution in [0.4, 0.5) is 0 Å². The maximum atomic E-state index is 12.1. The summed E-state index contributed by atoms with van der Waals surface area (Å²) in [4.78, 5) is 17.2. The van der Waals surface area contributed by atoms with Crippen molar-refractivity contribution in [3.05, 3.63) is 21.3 Å². The lowest BCUT2D eigenvalue weighted by Gasteiger charge is -2.21. The topological polar surface area (TPSA) is 49.6 Å². The summed E-state index contributed by atoms with van der Waals surface area (Å²) in [6.45, 7) is 3.76. The van der Waals surface area contributed by atoms with Crippen molar-refractivity contribution in [2.24, 2.45) is 11.7 Å². The van der Waals surface area contributed by atoms with E-state index in [9.17, 15) is 4.79 Å². The Balaban J connectivity index is 0.00000200. The third-order valence-corrected chi connectivity index (χ3v) is 4.73. The van der Waals surface area contributed by atoms with Gasteiger partial charge in [0.25, 0.3) is 0 Å². The van der Waals surface area contributed by atoms with Crippen LogP contribution in [0.5, 0.6) is 0 Å². The SMILES string of the molecule is CN(Cc1ccc(Cl)s1)C(=O)CN1CCC(CN)C1.Cl. The number of likely N-dealkylation sites (tertiary alicyclic amines) is 1. The molecule has 1 aliphatic rings. The Labute approximate surface area is 135 Å². The van der Waals surface area contributed by atoms with Crippen LogP contribution in [0.1, 0.15) is 11.3 Å². The fraction of sp³-hybridized carbons (Fsp3) is 0.615. The molecule has 1 fully saturated rings. The monoisotopic (exact) mass is 337 g/mol. The quantitative estimate of drug-likeness (QED) is 0.894. The average Bonchev–Trinajstić information content (AvgIpc) is 2.98. The van der Waals surface area contributed by atoms with Gasteiger partial charge >= 0.3 is 0 Å². The van der Waals surface area contributed by atoms with Crippen molar-refractivity contribution in [2.75, 3.05) is 33.2 Å². The molecule has 0 saturated carbocycles. The predicted molar refractivity (Wildman–Crippen MR) is 86.7 cm³/mol. The van der Waals surface area contributed by atoms with Gasteiger partial charge in [0, 0.05) is 18.5 Å². The Hall–Kier alpha value is -0.330. The minimum absolute atomic E-state index is 0. The van der Waals surface area contributed by atoms with Crippen molar-refractivity contribution in [3.8, 4) is 0 Å². The van der Waals surface area contributed by atoms with Gasteiger partial charge in [-0.05, 0) is 37.6 Å². The van der Waals surface area contributed by atoms with Crippen molar-refractivity contribution in [2.45, 2.75) is 13.0 Å². The zero-order chi connectivity index (χ0) is 13.8. The number of thiophene rings is 1. The second-order valence-electron chi connectivity index (χ2n) is 5.08. The van der Waals surface area contributed by atoms with Crippen molar-refractivity contribution < 1.29 is 4.79 Å². The molecule has 1 aromatic heterocycles. The highest BCUT2D eigenvalue weighted by molar-refractivity contribution is 7.16. The Morgan fingerprint density at radius 2 is 2.35 bits per heavy atom. The maximum absolute atomic E-state index is 12.1. The Bertz CT molecular complexity index is 441. The number of amides is 1. The van der Waals surface area contributed by atoms with Gasteiger partial charge in [-0.3, -0.25) is 9.69 Å². The fourth-order valence-electron chi connectivity index (χ4n) is 2.32. The highest BCUT2D eigenvalue weighted by Crippen LogP contribution is 2.22.